The van der Waals surface area contributed by atoms with E-state index < -0.39 is 11.8 Å². The highest BCUT2D eigenvalue weighted by Gasteiger charge is 2.30. The van der Waals surface area contributed by atoms with Gasteiger partial charge in [-0.3, -0.25) is 14.5 Å². The fourth-order valence-electron chi connectivity index (χ4n) is 2.05. The third-order valence-electron chi connectivity index (χ3n) is 3.15. The van der Waals surface area contributed by atoms with E-state index in [9.17, 15) is 9.59 Å². The van der Waals surface area contributed by atoms with E-state index in [1.807, 2.05) is 13.0 Å². The van der Waals surface area contributed by atoms with Crippen LogP contribution in [0.2, 0.25) is 0 Å². The first-order valence-electron chi connectivity index (χ1n) is 6.27. The van der Waals surface area contributed by atoms with E-state index in [4.69, 9.17) is 9.84 Å². The Kier molecular flexibility index (Phi) is 4.64. The van der Waals surface area contributed by atoms with Gasteiger partial charge in [-0.2, -0.15) is 0 Å². The first-order valence-corrected chi connectivity index (χ1v) is 7.06. The summed E-state index contributed by atoms with van der Waals surface area (Å²) in [6.07, 6.45) is 1.23. The quantitative estimate of drug-likeness (QED) is 0.782. The van der Waals surface area contributed by atoms with Crippen LogP contribution < -0.4 is 10.1 Å². The second-order valence-electron chi connectivity index (χ2n) is 4.48. The van der Waals surface area contributed by atoms with E-state index >= 15 is 0 Å². The van der Waals surface area contributed by atoms with Crippen molar-refractivity contribution in [3.05, 3.63) is 33.9 Å². The average molecular weight is 355 g/mol. The molecule has 1 aromatic rings. The van der Waals surface area contributed by atoms with Gasteiger partial charge in [-0.1, -0.05) is 15.9 Å². The van der Waals surface area contributed by atoms with E-state index in [2.05, 4.69) is 21.2 Å². The van der Waals surface area contributed by atoms with E-state index in [0.29, 0.717) is 11.4 Å². The largest absolute Gasteiger partial charge is 0.496 e. The molecule has 0 aromatic heterocycles. The number of imide groups is 1. The van der Waals surface area contributed by atoms with Crippen LogP contribution in [0, 0.1) is 6.92 Å². The van der Waals surface area contributed by atoms with Crippen LogP contribution >= 0.6 is 15.9 Å². The number of carbonyl (C=O) groups excluding carboxylic acids is 2. The highest BCUT2D eigenvalue weighted by molar-refractivity contribution is 9.10. The lowest BCUT2D eigenvalue weighted by atomic mass is 10.1. The lowest BCUT2D eigenvalue weighted by Crippen LogP contribution is -2.34. The molecule has 6 nitrogen and oxygen atoms in total. The van der Waals surface area contributed by atoms with Gasteiger partial charge in [-0.05, 0) is 19.1 Å². The van der Waals surface area contributed by atoms with Gasteiger partial charge in [-0.15, -0.1) is 0 Å². The minimum absolute atomic E-state index is 0.0138. The molecule has 0 fully saturated rings. The number of amides is 2. The molecule has 2 N–H and O–H groups in total. The number of halogens is 1. The average Bonchev–Trinajstić information content (AvgIpc) is 2.70. The molecule has 1 aliphatic rings. The number of nitrogens with one attached hydrogen (secondary N) is 1. The Balaban J connectivity index is 2.27. The van der Waals surface area contributed by atoms with Crippen LogP contribution in [0.3, 0.4) is 0 Å². The fourth-order valence-corrected chi connectivity index (χ4v) is 2.49. The number of ether oxygens (including phenoxy) is 1. The predicted molar refractivity (Wildman–Crippen MR) is 80.9 cm³/mol. The van der Waals surface area contributed by atoms with Gasteiger partial charge in [-0.25, -0.2) is 0 Å². The highest BCUT2D eigenvalue weighted by atomic mass is 79.9. The van der Waals surface area contributed by atoms with E-state index in [1.165, 1.54) is 6.08 Å². The molecule has 1 aromatic carbocycles. The molecule has 2 amide bonds. The summed E-state index contributed by atoms with van der Waals surface area (Å²) in [5.41, 5.74) is 1.67. The Labute approximate surface area is 130 Å². The zero-order chi connectivity index (χ0) is 15.6. The molecule has 1 heterocycles. The Morgan fingerprint density at radius 1 is 1.38 bits per heavy atom. The van der Waals surface area contributed by atoms with E-state index in [0.717, 1.165) is 14.9 Å². The second-order valence-corrected chi connectivity index (χ2v) is 5.40. The number of hydrogen-bond acceptors (Lipinski definition) is 5. The highest BCUT2D eigenvalue weighted by Crippen LogP contribution is 2.31. The van der Waals surface area contributed by atoms with Crippen molar-refractivity contribution in [3.63, 3.8) is 0 Å². The van der Waals surface area contributed by atoms with Crippen LogP contribution in [0.25, 0.3) is 0 Å². The molecular formula is C14H15BrN2O4. The van der Waals surface area contributed by atoms with Crippen molar-refractivity contribution in [2.45, 2.75) is 6.92 Å². The minimum Gasteiger partial charge on any atom is -0.496 e. The number of aliphatic hydroxyl groups is 1. The number of β-amino-alcohol motifs (C(OH)–C–C–N with tert-alkyl or cyclic N) is 1. The number of aliphatic hydroxyl groups excluding tert-OH is 1. The number of anilines is 1. The monoisotopic (exact) mass is 354 g/mol. The van der Waals surface area contributed by atoms with Gasteiger partial charge >= 0.3 is 0 Å². The summed E-state index contributed by atoms with van der Waals surface area (Å²) in [5, 5.41) is 11.8. The second kappa shape index (κ2) is 6.28. The zero-order valence-corrected chi connectivity index (χ0v) is 13.2. The normalized spacial score (nSPS) is 14.5. The van der Waals surface area contributed by atoms with Gasteiger partial charge < -0.3 is 15.2 Å². The van der Waals surface area contributed by atoms with Crippen LogP contribution in [-0.2, 0) is 9.59 Å². The maximum absolute atomic E-state index is 12.1. The van der Waals surface area contributed by atoms with Crippen LogP contribution in [0.15, 0.2) is 28.4 Å². The van der Waals surface area contributed by atoms with Gasteiger partial charge in [0.05, 0.1) is 20.3 Å². The van der Waals surface area contributed by atoms with Gasteiger partial charge in [0.2, 0.25) is 0 Å². The molecule has 0 atom stereocenters. The maximum Gasteiger partial charge on any atom is 0.277 e. The molecule has 0 bridgehead atoms. The van der Waals surface area contributed by atoms with Gasteiger partial charge in [0.1, 0.15) is 11.4 Å². The maximum atomic E-state index is 12.1. The van der Waals surface area contributed by atoms with Crippen molar-refractivity contribution in [1.29, 1.82) is 0 Å². The number of benzene rings is 1. The molecule has 0 saturated heterocycles. The van der Waals surface area contributed by atoms with Crippen LogP contribution in [0.5, 0.6) is 5.75 Å². The van der Waals surface area contributed by atoms with Gasteiger partial charge in [0.25, 0.3) is 11.8 Å². The summed E-state index contributed by atoms with van der Waals surface area (Å²) >= 11 is 3.37. The lowest BCUT2D eigenvalue weighted by Gasteiger charge is -2.15. The van der Waals surface area contributed by atoms with Crippen LogP contribution in [0.4, 0.5) is 5.69 Å². The van der Waals surface area contributed by atoms with Crippen molar-refractivity contribution in [2.75, 3.05) is 25.6 Å². The zero-order valence-electron chi connectivity index (χ0n) is 11.6. The fraction of sp³-hybridized carbons (Fsp3) is 0.286. The Hall–Kier alpha value is -1.86. The summed E-state index contributed by atoms with van der Waals surface area (Å²) < 4.78 is 6.04. The number of methoxy groups -OCH3 is 1. The number of carbonyl (C=O) groups is 2. The molecule has 0 spiro atoms. The van der Waals surface area contributed by atoms with Crippen molar-refractivity contribution < 1.29 is 19.4 Å². The molecule has 2 rings (SSSR count). The number of nitrogens with zero attached hydrogens (tertiary/aromatic N) is 1. The molecule has 1 aliphatic heterocycles. The van der Waals surface area contributed by atoms with Crippen LogP contribution in [-0.4, -0.2) is 42.1 Å². The van der Waals surface area contributed by atoms with Gasteiger partial charge in [0, 0.05) is 21.8 Å². The third kappa shape index (κ3) is 3.08. The lowest BCUT2D eigenvalue weighted by molar-refractivity contribution is -0.137. The molecule has 21 heavy (non-hydrogen) atoms. The Bertz CT molecular complexity index is 628. The number of hydrogen-bond donors (Lipinski definition) is 2. The van der Waals surface area contributed by atoms with Crippen molar-refractivity contribution in [1.82, 2.24) is 4.90 Å². The Morgan fingerprint density at radius 2 is 2.10 bits per heavy atom. The first kappa shape index (κ1) is 15.5. The standard InChI is InChI=1S/C14H15BrN2O4/c1-8-10(5-9(15)6-12(8)21-2)16-11-7-13(19)17(3-4-18)14(11)20/h5-7,16,18H,3-4H2,1-2H3. The van der Waals surface area contributed by atoms with Crippen molar-refractivity contribution in [2.24, 2.45) is 0 Å². The summed E-state index contributed by atoms with van der Waals surface area (Å²) in [5.74, 6) is -0.222. The molecular weight excluding hydrogens is 340 g/mol. The van der Waals surface area contributed by atoms with Crippen molar-refractivity contribution in [3.8, 4) is 5.75 Å². The summed E-state index contributed by atoms with van der Waals surface area (Å²) in [6.45, 7) is 1.57. The van der Waals surface area contributed by atoms with E-state index in [-0.39, 0.29) is 18.8 Å². The molecule has 7 heteroatoms. The summed E-state index contributed by atoms with van der Waals surface area (Å²) in [7, 11) is 1.56. The van der Waals surface area contributed by atoms with Gasteiger partial charge in [0.15, 0.2) is 0 Å². The molecule has 0 saturated carbocycles. The molecule has 0 aliphatic carbocycles. The van der Waals surface area contributed by atoms with Crippen molar-refractivity contribution >= 4 is 33.4 Å². The first-order chi connectivity index (χ1) is 9.97. The summed E-state index contributed by atoms with van der Waals surface area (Å²) in [6, 6.07) is 3.61. The van der Waals surface area contributed by atoms with Crippen LogP contribution in [0.1, 0.15) is 5.56 Å². The smallest absolute Gasteiger partial charge is 0.277 e. The molecule has 0 unspecified atom stereocenters. The molecule has 0 radical (unpaired) electrons. The Morgan fingerprint density at radius 3 is 2.71 bits per heavy atom. The predicted octanol–water partition coefficient (Wildman–Crippen LogP) is 1.42. The number of rotatable bonds is 5. The molecule has 112 valence electrons. The minimum atomic E-state index is -0.451. The van der Waals surface area contributed by atoms with E-state index in [1.54, 1.807) is 13.2 Å². The topological polar surface area (TPSA) is 78.9 Å². The SMILES string of the molecule is COc1cc(Br)cc(NC2=CC(=O)N(CCO)C2=O)c1C. The third-order valence-corrected chi connectivity index (χ3v) is 3.60. The summed E-state index contributed by atoms with van der Waals surface area (Å²) in [4.78, 5) is 24.8.